The van der Waals surface area contributed by atoms with E-state index >= 15 is 8.78 Å². The topological polar surface area (TPSA) is 143 Å². The van der Waals surface area contributed by atoms with Gasteiger partial charge in [0.05, 0.1) is 35.0 Å². The van der Waals surface area contributed by atoms with Gasteiger partial charge >= 0.3 is 0 Å². The number of nitrogens with one attached hydrogen (secondary N) is 1. The molecule has 226 valence electrons. The van der Waals surface area contributed by atoms with Crippen molar-refractivity contribution in [1.82, 2.24) is 9.97 Å². The molecule has 2 fully saturated rings. The Labute approximate surface area is 246 Å². The highest BCUT2D eigenvalue weighted by atomic mass is 19.1. The number of aromatic nitrogens is 2. The van der Waals surface area contributed by atoms with E-state index in [0.29, 0.717) is 44.6 Å². The molecule has 0 radical (unpaired) electrons. The maximum atomic E-state index is 15.2. The fourth-order valence-electron chi connectivity index (χ4n) is 5.76. The van der Waals surface area contributed by atoms with E-state index < -0.39 is 52.2 Å². The van der Waals surface area contributed by atoms with E-state index in [2.05, 4.69) is 21.4 Å². The van der Waals surface area contributed by atoms with Gasteiger partial charge in [0.2, 0.25) is 0 Å². The van der Waals surface area contributed by atoms with Gasteiger partial charge in [-0.25, -0.2) is 18.2 Å². The third-order valence-corrected chi connectivity index (χ3v) is 8.31. The van der Waals surface area contributed by atoms with Crippen LogP contribution in [0.25, 0.3) is 11.3 Å². The second kappa shape index (κ2) is 12.7. The van der Waals surface area contributed by atoms with Crippen molar-refractivity contribution in [2.45, 2.75) is 50.7 Å². The highest BCUT2D eigenvalue weighted by Gasteiger charge is 2.35. The van der Waals surface area contributed by atoms with Crippen LogP contribution in [0.5, 0.6) is 5.75 Å². The normalized spacial score (nSPS) is 23.3. The first-order chi connectivity index (χ1) is 20.6. The summed E-state index contributed by atoms with van der Waals surface area (Å²) in [7, 11) is 0. The van der Waals surface area contributed by atoms with Crippen LogP contribution in [0.1, 0.15) is 54.6 Å². The molecular weight excluding hydrogens is 563 g/mol. The molecule has 12 heteroatoms. The maximum absolute atomic E-state index is 15.2. The Hall–Kier alpha value is -4.05. The van der Waals surface area contributed by atoms with Gasteiger partial charge in [-0.05, 0) is 61.3 Å². The molecule has 43 heavy (non-hydrogen) atoms. The number of aliphatic hydroxyl groups excluding tert-OH is 1. The Bertz CT molecular complexity index is 1510. The lowest BCUT2D eigenvalue weighted by Crippen LogP contribution is -2.44. The molecule has 1 aliphatic heterocycles. The molecule has 2 aromatic heterocycles. The molecule has 0 unspecified atom stereocenters. The molecule has 1 aliphatic carbocycles. The molecule has 1 saturated carbocycles. The van der Waals surface area contributed by atoms with Gasteiger partial charge in [0.25, 0.3) is 5.91 Å². The van der Waals surface area contributed by atoms with E-state index in [1.54, 1.807) is 12.3 Å². The number of hydrogen-bond donors (Lipinski definition) is 3. The number of pyridine rings is 2. The van der Waals surface area contributed by atoms with Gasteiger partial charge in [-0.15, -0.1) is 0 Å². The van der Waals surface area contributed by atoms with Gasteiger partial charge in [0, 0.05) is 37.6 Å². The molecule has 9 nitrogen and oxygen atoms in total. The SMILES string of the molecule is C[C@H]1C[C@@H](c2ccncc2NC(=O)c2ccc(F)c(-c3c(F)cc(OCC4(C#N)CCOCC4)cc3F)n2)C[C@@H](N)[C@@H]1O. The third kappa shape index (κ3) is 6.49. The zero-order chi connectivity index (χ0) is 30.7. The van der Waals surface area contributed by atoms with Gasteiger partial charge in [0.1, 0.15) is 41.2 Å². The van der Waals surface area contributed by atoms with Crippen molar-refractivity contribution in [2.75, 3.05) is 25.1 Å². The number of nitrogens with two attached hydrogens (primary N) is 1. The van der Waals surface area contributed by atoms with Crippen molar-refractivity contribution in [3.05, 3.63) is 71.4 Å². The zero-order valence-electron chi connectivity index (χ0n) is 23.5. The lowest BCUT2D eigenvalue weighted by Gasteiger charge is -2.36. The summed E-state index contributed by atoms with van der Waals surface area (Å²) in [6.45, 7) is 2.59. The Morgan fingerprint density at radius 2 is 1.91 bits per heavy atom. The molecule has 0 bridgehead atoms. The van der Waals surface area contributed by atoms with E-state index in [9.17, 15) is 19.6 Å². The van der Waals surface area contributed by atoms with Gasteiger partial charge in [-0.3, -0.25) is 9.78 Å². The average Bonchev–Trinajstić information content (AvgIpc) is 3.00. The minimum Gasteiger partial charge on any atom is -0.492 e. The van der Waals surface area contributed by atoms with Crippen LogP contribution in [0.2, 0.25) is 0 Å². The summed E-state index contributed by atoms with van der Waals surface area (Å²) in [5.74, 6) is -4.32. The fraction of sp³-hybridized carbons (Fsp3) is 0.419. The van der Waals surface area contributed by atoms with Crippen molar-refractivity contribution in [3.63, 3.8) is 0 Å². The standard InChI is InChI=1S/C31H32F3N5O4/c1-17-10-18(11-24(36)29(17)40)20-4-7-37-14-26(20)39-30(41)25-3-2-21(32)28(38-25)27-22(33)12-19(13-23(27)34)43-16-31(15-35)5-8-42-9-6-31/h2-4,7,12-14,17-18,24,29,40H,5-6,8-11,16,36H2,1H3,(H,39,41)/t17-,18+,24+,29+/m0/s1. The molecule has 0 spiro atoms. The number of hydrogen-bond acceptors (Lipinski definition) is 8. The minimum atomic E-state index is -1.14. The average molecular weight is 596 g/mol. The van der Waals surface area contributed by atoms with Crippen LogP contribution in [-0.2, 0) is 4.74 Å². The molecule has 5 rings (SSSR count). The monoisotopic (exact) mass is 595 g/mol. The van der Waals surface area contributed by atoms with Crippen LogP contribution in [0, 0.1) is 40.1 Å². The molecule has 3 heterocycles. The van der Waals surface area contributed by atoms with E-state index in [-0.39, 0.29) is 29.9 Å². The van der Waals surface area contributed by atoms with Crippen LogP contribution >= 0.6 is 0 Å². The lowest BCUT2D eigenvalue weighted by atomic mass is 9.74. The number of halogens is 3. The van der Waals surface area contributed by atoms with Crippen LogP contribution in [0.4, 0.5) is 18.9 Å². The number of amides is 1. The first-order valence-corrected chi connectivity index (χ1v) is 14.1. The highest BCUT2D eigenvalue weighted by molar-refractivity contribution is 6.03. The first-order valence-electron chi connectivity index (χ1n) is 14.1. The summed E-state index contributed by atoms with van der Waals surface area (Å²) in [4.78, 5) is 21.3. The lowest BCUT2D eigenvalue weighted by molar-refractivity contribution is 0.0190. The molecule has 3 aromatic rings. The highest BCUT2D eigenvalue weighted by Crippen LogP contribution is 2.39. The van der Waals surface area contributed by atoms with Crippen LogP contribution in [0.3, 0.4) is 0 Å². The van der Waals surface area contributed by atoms with Gasteiger partial charge < -0.3 is 25.6 Å². The number of nitriles is 1. The van der Waals surface area contributed by atoms with Gasteiger partial charge in [0.15, 0.2) is 0 Å². The molecule has 2 aliphatic rings. The summed E-state index contributed by atoms with van der Waals surface area (Å²) in [6.07, 6.45) is 4.42. The summed E-state index contributed by atoms with van der Waals surface area (Å²) in [6, 6.07) is 7.36. The number of nitrogens with zero attached hydrogens (tertiary/aromatic N) is 3. The molecule has 1 amide bonds. The predicted molar refractivity (Wildman–Crippen MR) is 150 cm³/mol. The van der Waals surface area contributed by atoms with E-state index in [1.807, 2.05) is 6.92 Å². The fourth-order valence-corrected chi connectivity index (χ4v) is 5.76. The van der Waals surface area contributed by atoms with E-state index in [4.69, 9.17) is 15.2 Å². The second-order valence-electron chi connectivity index (χ2n) is 11.3. The zero-order valence-corrected chi connectivity index (χ0v) is 23.5. The Kier molecular flexibility index (Phi) is 8.96. The quantitative estimate of drug-likeness (QED) is 0.356. The molecule has 4 N–H and O–H groups in total. The summed E-state index contributed by atoms with van der Waals surface area (Å²) in [5.41, 5.74) is 4.75. The Morgan fingerprint density at radius 3 is 2.58 bits per heavy atom. The second-order valence-corrected chi connectivity index (χ2v) is 11.3. The molecule has 1 aromatic carbocycles. The van der Waals surface area contributed by atoms with Crippen molar-refractivity contribution in [1.29, 1.82) is 5.26 Å². The van der Waals surface area contributed by atoms with Crippen molar-refractivity contribution >= 4 is 11.6 Å². The van der Waals surface area contributed by atoms with Crippen LogP contribution in [-0.4, -0.2) is 52.9 Å². The number of carbonyl (C=O) groups excluding carboxylic acids is 1. The summed E-state index contributed by atoms with van der Waals surface area (Å²) >= 11 is 0. The number of rotatable bonds is 7. The maximum Gasteiger partial charge on any atom is 0.274 e. The number of ether oxygens (including phenoxy) is 2. The smallest absolute Gasteiger partial charge is 0.274 e. The number of benzene rings is 1. The number of aliphatic hydroxyl groups is 1. The number of anilines is 1. The Balaban J connectivity index is 1.36. The molecule has 1 saturated heterocycles. The van der Waals surface area contributed by atoms with E-state index in [1.165, 1.54) is 6.20 Å². The first kappa shape index (κ1) is 30.4. The van der Waals surface area contributed by atoms with Gasteiger partial charge in [-0.2, -0.15) is 5.26 Å². The summed E-state index contributed by atoms with van der Waals surface area (Å²) < 4.78 is 56.1. The van der Waals surface area contributed by atoms with Crippen molar-refractivity contribution < 1.29 is 32.5 Å². The van der Waals surface area contributed by atoms with Crippen LogP contribution in [0.15, 0.2) is 42.7 Å². The van der Waals surface area contributed by atoms with Crippen molar-refractivity contribution in [2.24, 2.45) is 17.1 Å². The van der Waals surface area contributed by atoms with Crippen LogP contribution < -0.4 is 15.8 Å². The Morgan fingerprint density at radius 1 is 1.19 bits per heavy atom. The minimum absolute atomic E-state index is 0.0531. The molecule has 4 atom stereocenters. The third-order valence-electron chi connectivity index (χ3n) is 8.31. The van der Waals surface area contributed by atoms with Crippen molar-refractivity contribution in [3.8, 4) is 23.1 Å². The van der Waals surface area contributed by atoms with E-state index in [0.717, 1.165) is 29.8 Å². The summed E-state index contributed by atoms with van der Waals surface area (Å²) in [5, 5.41) is 22.6. The number of carbonyl (C=O) groups is 1. The van der Waals surface area contributed by atoms with Gasteiger partial charge in [-0.1, -0.05) is 6.92 Å². The largest absolute Gasteiger partial charge is 0.492 e. The predicted octanol–water partition coefficient (Wildman–Crippen LogP) is 4.71. The molecular formula is C31H32F3N5O4.